The number of aromatic nitrogens is 1. The number of halogens is 1. The van der Waals surface area contributed by atoms with E-state index in [1.807, 2.05) is 13.8 Å². The Morgan fingerprint density at radius 3 is 2.37 bits per heavy atom. The first-order valence-electron chi connectivity index (χ1n) is 11.1. The quantitative estimate of drug-likeness (QED) is 0.459. The Hall–Kier alpha value is -3.27. The van der Waals surface area contributed by atoms with E-state index >= 15 is 0 Å². The number of carbonyl (C=O) groups is 4. The standard InChI is InChI=1S/C25H31BrN4O5/c1-15(2)12-19(29-24(34)35-25(3,4)5)23(33)30(14-21(27)31)20-10-9-16(26)13-17(20)22(32)18-8-6-7-11-28-18/h6-11,13,15,19H,12,14H2,1-5H3,(H2,27,31)(H,29,34)/t19-/m0/s1. The predicted molar refractivity (Wildman–Crippen MR) is 136 cm³/mol. The average Bonchev–Trinajstić information content (AvgIpc) is 2.75. The SMILES string of the molecule is CC(C)C[C@H](NC(=O)OC(C)(C)C)C(=O)N(CC(N)=O)c1ccc(Br)cc1C(=O)c1ccccn1. The lowest BCUT2D eigenvalue weighted by molar-refractivity contribution is -0.123. The van der Waals surface area contributed by atoms with Crippen molar-refractivity contribution in [3.8, 4) is 0 Å². The number of nitrogens with two attached hydrogens (primary N) is 1. The first-order valence-corrected chi connectivity index (χ1v) is 11.9. The van der Waals surface area contributed by atoms with Crippen LogP contribution in [-0.4, -0.2) is 46.9 Å². The van der Waals surface area contributed by atoms with E-state index in [-0.39, 0.29) is 29.3 Å². The van der Waals surface area contributed by atoms with Crippen LogP contribution in [0.25, 0.3) is 0 Å². The topological polar surface area (TPSA) is 132 Å². The highest BCUT2D eigenvalue weighted by Gasteiger charge is 2.32. The minimum absolute atomic E-state index is 0.0221. The number of ether oxygens (including phenoxy) is 1. The molecule has 2 rings (SSSR count). The van der Waals surface area contributed by atoms with Gasteiger partial charge in [0.2, 0.25) is 17.6 Å². The van der Waals surface area contributed by atoms with Gasteiger partial charge in [0.1, 0.15) is 23.9 Å². The van der Waals surface area contributed by atoms with Crippen molar-refractivity contribution in [2.75, 3.05) is 11.4 Å². The Morgan fingerprint density at radius 1 is 1.14 bits per heavy atom. The zero-order chi connectivity index (χ0) is 26.3. The lowest BCUT2D eigenvalue weighted by atomic mass is 10.0. The molecular weight excluding hydrogens is 516 g/mol. The van der Waals surface area contributed by atoms with Crippen LogP contribution in [-0.2, 0) is 14.3 Å². The molecule has 3 amide bonds. The van der Waals surface area contributed by atoms with Crippen molar-refractivity contribution >= 4 is 45.3 Å². The first-order chi connectivity index (χ1) is 16.3. The van der Waals surface area contributed by atoms with E-state index in [9.17, 15) is 19.2 Å². The maximum absolute atomic E-state index is 13.7. The third kappa shape index (κ3) is 8.47. The molecule has 10 heteroatoms. The van der Waals surface area contributed by atoms with Crippen LogP contribution >= 0.6 is 15.9 Å². The molecule has 0 radical (unpaired) electrons. The molecule has 0 aliphatic carbocycles. The number of primary amides is 1. The van der Waals surface area contributed by atoms with Crippen LogP contribution < -0.4 is 16.0 Å². The van der Waals surface area contributed by atoms with Gasteiger partial charge in [-0.1, -0.05) is 35.8 Å². The minimum atomic E-state index is -1.02. The Bertz CT molecular complexity index is 1080. The second kappa shape index (κ2) is 11.9. The number of pyridine rings is 1. The third-order valence-corrected chi connectivity index (χ3v) is 5.16. The zero-order valence-corrected chi connectivity index (χ0v) is 22.1. The minimum Gasteiger partial charge on any atom is -0.444 e. The monoisotopic (exact) mass is 546 g/mol. The molecule has 0 spiro atoms. The van der Waals surface area contributed by atoms with Gasteiger partial charge in [-0.3, -0.25) is 19.4 Å². The van der Waals surface area contributed by atoms with Crippen LogP contribution in [0.3, 0.4) is 0 Å². The van der Waals surface area contributed by atoms with Crippen molar-refractivity contribution < 1.29 is 23.9 Å². The Balaban J connectivity index is 2.53. The van der Waals surface area contributed by atoms with Crippen LogP contribution in [0.15, 0.2) is 47.1 Å². The van der Waals surface area contributed by atoms with Gasteiger partial charge in [0.05, 0.1) is 5.69 Å². The van der Waals surface area contributed by atoms with Crippen LogP contribution in [0.4, 0.5) is 10.5 Å². The lowest BCUT2D eigenvalue weighted by Gasteiger charge is -2.30. The van der Waals surface area contributed by atoms with E-state index < -0.39 is 41.9 Å². The van der Waals surface area contributed by atoms with Crippen molar-refractivity contribution in [3.05, 3.63) is 58.3 Å². The van der Waals surface area contributed by atoms with E-state index in [1.54, 1.807) is 57.2 Å². The molecule has 0 saturated carbocycles. The molecule has 2 aromatic rings. The number of anilines is 1. The van der Waals surface area contributed by atoms with E-state index in [0.717, 1.165) is 4.90 Å². The van der Waals surface area contributed by atoms with Gasteiger partial charge in [-0.2, -0.15) is 0 Å². The summed E-state index contributed by atoms with van der Waals surface area (Å²) in [6.45, 7) is 8.43. The number of alkyl carbamates (subject to hydrolysis) is 1. The molecular formula is C25H31BrN4O5. The molecule has 1 heterocycles. The van der Waals surface area contributed by atoms with E-state index in [2.05, 4.69) is 26.2 Å². The van der Waals surface area contributed by atoms with Gasteiger partial charge in [-0.25, -0.2) is 4.79 Å². The van der Waals surface area contributed by atoms with Gasteiger partial charge in [0, 0.05) is 16.2 Å². The van der Waals surface area contributed by atoms with Gasteiger partial charge in [-0.15, -0.1) is 0 Å². The second-order valence-electron chi connectivity index (χ2n) is 9.42. The summed E-state index contributed by atoms with van der Waals surface area (Å²) >= 11 is 3.36. The summed E-state index contributed by atoms with van der Waals surface area (Å²) in [7, 11) is 0. The summed E-state index contributed by atoms with van der Waals surface area (Å²) in [5.41, 5.74) is 5.19. The van der Waals surface area contributed by atoms with E-state index in [0.29, 0.717) is 4.47 Å². The number of carbonyl (C=O) groups excluding carboxylic acids is 4. The van der Waals surface area contributed by atoms with Crippen molar-refractivity contribution in [2.24, 2.45) is 11.7 Å². The molecule has 0 fully saturated rings. The Morgan fingerprint density at radius 2 is 1.83 bits per heavy atom. The maximum atomic E-state index is 13.7. The van der Waals surface area contributed by atoms with Crippen LogP contribution in [0, 0.1) is 5.92 Å². The summed E-state index contributed by atoms with van der Waals surface area (Å²) < 4.78 is 5.92. The first kappa shape index (κ1) is 28.0. The number of nitrogens with zero attached hydrogens (tertiary/aromatic N) is 2. The largest absolute Gasteiger partial charge is 0.444 e. The number of benzene rings is 1. The van der Waals surface area contributed by atoms with E-state index in [1.165, 1.54) is 6.20 Å². The van der Waals surface area contributed by atoms with Gasteiger partial charge < -0.3 is 20.7 Å². The van der Waals surface area contributed by atoms with Crippen molar-refractivity contribution in [1.29, 1.82) is 0 Å². The number of rotatable bonds is 9. The molecule has 1 aromatic carbocycles. The normalized spacial score (nSPS) is 12.1. The molecule has 0 aliphatic heterocycles. The second-order valence-corrected chi connectivity index (χ2v) is 10.3. The van der Waals surface area contributed by atoms with Crippen LogP contribution in [0.1, 0.15) is 57.1 Å². The molecule has 3 N–H and O–H groups in total. The number of ketones is 1. The van der Waals surface area contributed by atoms with Crippen molar-refractivity contribution in [3.63, 3.8) is 0 Å². The third-order valence-electron chi connectivity index (χ3n) is 4.67. The van der Waals surface area contributed by atoms with Gasteiger partial charge in [0.15, 0.2) is 0 Å². The number of nitrogens with one attached hydrogen (secondary N) is 1. The molecule has 0 saturated heterocycles. The Kier molecular flexibility index (Phi) is 9.53. The van der Waals surface area contributed by atoms with Crippen molar-refractivity contribution in [1.82, 2.24) is 10.3 Å². The van der Waals surface area contributed by atoms with Crippen LogP contribution in [0.5, 0.6) is 0 Å². The fourth-order valence-electron chi connectivity index (χ4n) is 3.33. The summed E-state index contributed by atoms with van der Waals surface area (Å²) in [6.07, 6.45) is 0.990. The molecule has 0 unspecified atom stereocenters. The summed E-state index contributed by atoms with van der Waals surface area (Å²) in [5.74, 6) is -1.79. The van der Waals surface area contributed by atoms with Crippen LogP contribution in [0.2, 0.25) is 0 Å². The molecule has 1 aromatic heterocycles. The maximum Gasteiger partial charge on any atom is 0.408 e. The molecule has 188 valence electrons. The van der Waals surface area contributed by atoms with Gasteiger partial charge in [-0.05, 0) is 63.4 Å². The molecule has 9 nitrogen and oxygen atoms in total. The number of amides is 3. The highest BCUT2D eigenvalue weighted by molar-refractivity contribution is 9.10. The molecule has 1 atom stereocenters. The highest BCUT2D eigenvalue weighted by Crippen LogP contribution is 2.28. The molecule has 35 heavy (non-hydrogen) atoms. The number of hydrogen-bond acceptors (Lipinski definition) is 6. The fraction of sp³-hybridized carbons (Fsp3) is 0.400. The highest BCUT2D eigenvalue weighted by atomic mass is 79.9. The van der Waals surface area contributed by atoms with E-state index in [4.69, 9.17) is 10.5 Å². The summed E-state index contributed by atoms with van der Waals surface area (Å²) in [5, 5.41) is 2.61. The lowest BCUT2D eigenvalue weighted by Crippen LogP contribution is -2.52. The fourth-order valence-corrected chi connectivity index (χ4v) is 3.69. The summed E-state index contributed by atoms with van der Waals surface area (Å²) in [6, 6.07) is 8.62. The van der Waals surface area contributed by atoms with Gasteiger partial charge >= 0.3 is 6.09 Å². The van der Waals surface area contributed by atoms with Gasteiger partial charge in [0.25, 0.3) is 0 Å². The summed E-state index contributed by atoms with van der Waals surface area (Å²) in [4.78, 5) is 56.7. The molecule has 0 bridgehead atoms. The number of hydrogen-bond donors (Lipinski definition) is 2. The zero-order valence-electron chi connectivity index (χ0n) is 20.5. The Labute approximate surface area is 213 Å². The predicted octanol–water partition coefficient (Wildman–Crippen LogP) is 3.83. The molecule has 0 aliphatic rings. The van der Waals surface area contributed by atoms with Crippen molar-refractivity contribution in [2.45, 2.75) is 52.7 Å². The smallest absolute Gasteiger partial charge is 0.408 e. The average molecular weight is 547 g/mol.